The van der Waals surface area contributed by atoms with Gasteiger partial charge in [-0.05, 0) is 50.9 Å². The highest BCUT2D eigenvalue weighted by Crippen LogP contribution is 2.39. The standard InChI is InChI=1S/C16H18F4N4O2.ClH/c1-8(9-2-4-21-5-3-9)22-12-7-10(14-23-24-15(25)26-14)6-11(17)13(12)16(18,19)20;/h6-9,21-22H,2-5H2,1H3,(H,24,25);1H/t8-;/m0./s1. The fourth-order valence-electron chi connectivity index (χ4n) is 3.19. The van der Waals surface area contributed by atoms with E-state index in [9.17, 15) is 22.4 Å². The molecule has 1 atom stereocenters. The number of alkyl halides is 3. The van der Waals surface area contributed by atoms with E-state index in [1.807, 2.05) is 5.10 Å². The lowest BCUT2D eigenvalue weighted by Crippen LogP contribution is -2.36. The summed E-state index contributed by atoms with van der Waals surface area (Å²) in [6.07, 6.45) is -3.25. The van der Waals surface area contributed by atoms with Crippen LogP contribution in [-0.4, -0.2) is 29.3 Å². The molecule has 6 nitrogen and oxygen atoms in total. The van der Waals surface area contributed by atoms with Gasteiger partial charge in [-0.3, -0.25) is 0 Å². The van der Waals surface area contributed by atoms with E-state index in [1.165, 1.54) is 0 Å². The van der Waals surface area contributed by atoms with E-state index in [0.29, 0.717) is 6.07 Å². The van der Waals surface area contributed by atoms with Gasteiger partial charge in [-0.1, -0.05) is 0 Å². The number of halogens is 5. The summed E-state index contributed by atoms with van der Waals surface area (Å²) in [5.74, 6) is -2.45. The van der Waals surface area contributed by atoms with Crippen LogP contribution in [-0.2, 0) is 6.18 Å². The SMILES string of the molecule is C[C@H](Nc1cc(-c2n[nH]c(=O)o2)cc(F)c1C(F)(F)F)C1CCNCC1.Cl. The smallest absolute Gasteiger partial charge is 0.388 e. The molecule has 0 aliphatic carbocycles. The predicted octanol–water partition coefficient (Wildman–Crippen LogP) is 3.41. The zero-order valence-corrected chi connectivity index (χ0v) is 15.1. The second-order valence-electron chi connectivity index (χ2n) is 6.32. The lowest BCUT2D eigenvalue weighted by molar-refractivity contribution is -0.139. The summed E-state index contributed by atoms with van der Waals surface area (Å²) in [6, 6.07) is 1.46. The number of rotatable bonds is 4. The van der Waals surface area contributed by atoms with Gasteiger partial charge in [0.2, 0.25) is 5.89 Å². The molecule has 0 amide bonds. The van der Waals surface area contributed by atoms with Gasteiger partial charge in [-0.15, -0.1) is 17.5 Å². The van der Waals surface area contributed by atoms with E-state index in [4.69, 9.17) is 4.42 Å². The number of anilines is 1. The number of nitrogens with one attached hydrogen (secondary N) is 3. The highest BCUT2D eigenvalue weighted by molar-refractivity contribution is 5.85. The summed E-state index contributed by atoms with van der Waals surface area (Å²) in [7, 11) is 0. The molecule has 0 radical (unpaired) electrons. The monoisotopic (exact) mass is 410 g/mol. The third-order valence-electron chi connectivity index (χ3n) is 4.53. The van der Waals surface area contributed by atoms with E-state index < -0.39 is 29.0 Å². The van der Waals surface area contributed by atoms with Crippen molar-refractivity contribution in [3.05, 3.63) is 34.1 Å². The Kier molecular flexibility index (Phi) is 6.53. The number of aromatic amines is 1. The van der Waals surface area contributed by atoms with Crippen LogP contribution < -0.4 is 16.4 Å². The number of hydrogen-bond donors (Lipinski definition) is 3. The van der Waals surface area contributed by atoms with Crippen LogP contribution in [0.3, 0.4) is 0 Å². The lowest BCUT2D eigenvalue weighted by Gasteiger charge is -2.30. The van der Waals surface area contributed by atoms with Crippen LogP contribution in [0.15, 0.2) is 21.3 Å². The van der Waals surface area contributed by atoms with E-state index in [1.54, 1.807) is 6.92 Å². The molecular weight excluding hydrogens is 392 g/mol. The number of hydrogen-bond acceptors (Lipinski definition) is 5. The minimum Gasteiger partial charge on any atom is -0.388 e. The number of H-pyrrole nitrogens is 1. The Morgan fingerprint density at radius 2 is 1.96 bits per heavy atom. The average molecular weight is 411 g/mol. The summed E-state index contributed by atoms with van der Waals surface area (Å²) >= 11 is 0. The maximum absolute atomic E-state index is 14.3. The van der Waals surface area contributed by atoms with Crippen LogP contribution in [0.5, 0.6) is 0 Å². The number of piperidine rings is 1. The maximum Gasteiger partial charge on any atom is 0.434 e. The van der Waals surface area contributed by atoms with E-state index in [-0.39, 0.29) is 35.8 Å². The molecule has 3 rings (SSSR count). The molecule has 0 saturated carbocycles. The fourth-order valence-corrected chi connectivity index (χ4v) is 3.19. The van der Waals surface area contributed by atoms with Gasteiger partial charge < -0.3 is 15.1 Å². The minimum atomic E-state index is -4.87. The molecule has 1 aliphatic rings. The molecule has 2 aromatic rings. The quantitative estimate of drug-likeness (QED) is 0.673. The van der Waals surface area contributed by atoms with Crippen molar-refractivity contribution in [2.45, 2.75) is 32.0 Å². The Morgan fingerprint density at radius 3 is 2.52 bits per heavy atom. The summed E-state index contributed by atoms with van der Waals surface area (Å²) < 4.78 is 59.0. The van der Waals surface area contributed by atoms with Crippen molar-refractivity contribution < 1.29 is 22.0 Å². The zero-order chi connectivity index (χ0) is 18.9. The first kappa shape index (κ1) is 21.2. The van der Waals surface area contributed by atoms with Crippen LogP contribution in [0.25, 0.3) is 11.5 Å². The molecule has 1 aliphatic heterocycles. The Labute approximate surface area is 158 Å². The van der Waals surface area contributed by atoms with Gasteiger partial charge in [0.25, 0.3) is 0 Å². The van der Waals surface area contributed by atoms with Gasteiger partial charge in [0, 0.05) is 11.6 Å². The number of nitrogens with zero attached hydrogens (tertiary/aromatic N) is 1. The fraction of sp³-hybridized carbons (Fsp3) is 0.500. The Hall–Kier alpha value is -2.07. The summed E-state index contributed by atoms with van der Waals surface area (Å²) in [4.78, 5) is 11.1. The Morgan fingerprint density at radius 1 is 1.30 bits per heavy atom. The van der Waals surface area contributed by atoms with Gasteiger partial charge in [-0.2, -0.15) is 13.2 Å². The normalized spacial score (nSPS) is 16.6. The largest absolute Gasteiger partial charge is 0.434 e. The average Bonchev–Trinajstić information content (AvgIpc) is 3.00. The van der Waals surface area contributed by atoms with Crippen molar-refractivity contribution in [2.24, 2.45) is 5.92 Å². The first-order chi connectivity index (χ1) is 12.3. The third kappa shape index (κ3) is 4.81. The Bertz CT molecular complexity index is 831. The van der Waals surface area contributed by atoms with Gasteiger partial charge in [0.05, 0.1) is 5.69 Å². The molecule has 0 bridgehead atoms. The van der Waals surface area contributed by atoms with E-state index >= 15 is 0 Å². The molecule has 0 unspecified atom stereocenters. The van der Waals surface area contributed by atoms with Crippen molar-refractivity contribution in [3.63, 3.8) is 0 Å². The minimum absolute atomic E-state index is 0. The molecule has 0 spiro atoms. The molecule has 3 N–H and O–H groups in total. The molecule has 1 saturated heterocycles. The van der Waals surface area contributed by atoms with Crippen molar-refractivity contribution in [2.75, 3.05) is 18.4 Å². The van der Waals surface area contributed by atoms with Crippen LogP contribution in [0.1, 0.15) is 25.3 Å². The third-order valence-corrected chi connectivity index (χ3v) is 4.53. The lowest BCUT2D eigenvalue weighted by atomic mass is 9.91. The first-order valence-corrected chi connectivity index (χ1v) is 8.19. The van der Waals surface area contributed by atoms with Crippen molar-refractivity contribution >= 4 is 18.1 Å². The zero-order valence-electron chi connectivity index (χ0n) is 14.3. The van der Waals surface area contributed by atoms with Gasteiger partial charge in [0.1, 0.15) is 11.4 Å². The molecular formula is C16H19ClF4N4O2. The van der Waals surface area contributed by atoms with Crippen molar-refractivity contribution in [1.82, 2.24) is 15.5 Å². The highest BCUT2D eigenvalue weighted by atomic mass is 35.5. The van der Waals surface area contributed by atoms with E-state index in [0.717, 1.165) is 32.0 Å². The topological polar surface area (TPSA) is 83.0 Å². The van der Waals surface area contributed by atoms with Crippen molar-refractivity contribution in [1.29, 1.82) is 0 Å². The molecule has 1 fully saturated rings. The van der Waals surface area contributed by atoms with Gasteiger partial charge in [0.15, 0.2) is 0 Å². The molecule has 1 aromatic heterocycles. The maximum atomic E-state index is 14.3. The van der Waals surface area contributed by atoms with Crippen molar-refractivity contribution in [3.8, 4) is 11.5 Å². The Balaban J connectivity index is 0.00000261. The molecule has 2 heterocycles. The molecule has 150 valence electrons. The summed E-state index contributed by atoms with van der Waals surface area (Å²) in [5.41, 5.74) is -1.84. The summed E-state index contributed by atoms with van der Waals surface area (Å²) in [6.45, 7) is 3.35. The van der Waals surface area contributed by atoms with Crippen LogP contribution in [0, 0.1) is 11.7 Å². The van der Waals surface area contributed by atoms with Crippen LogP contribution in [0.4, 0.5) is 23.2 Å². The highest BCUT2D eigenvalue weighted by Gasteiger charge is 2.38. The van der Waals surface area contributed by atoms with Gasteiger partial charge >= 0.3 is 11.9 Å². The van der Waals surface area contributed by atoms with E-state index in [2.05, 4.69) is 15.7 Å². The molecule has 1 aromatic carbocycles. The van der Waals surface area contributed by atoms with Crippen LogP contribution in [0.2, 0.25) is 0 Å². The molecule has 27 heavy (non-hydrogen) atoms. The predicted molar refractivity (Wildman–Crippen MR) is 93.4 cm³/mol. The number of benzene rings is 1. The number of aromatic nitrogens is 2. The summed E-state index contributed by atoms with van der Waals surface area (Å²) in [5, 5.41) is 11.5. The second-order valence-corrected chi connectivity index (χ2v) is 6.32. The van der Waals surface area contributed by atoms with Gasteiger partial charge in [-0.25, -0.2) is 14.3 Å². The second kappa shape index (κ2) is 8.30. The molecule has 11 heteroatoms. The van der Waals surface area contributed by atoms with Crippen LogP contribution >= 0.6 is 12.4 Å². The first-order valence-electron chi connectivity index (χ1n) is 8.19.